The van der Waals surface area contributed by atoms with Gasteiger partial charge in [-0.05, 0) is 31.9 Å². The van der Waals surface area contributed by atoms with Crippen LogP contribution in [0.3, 0.4) is 0 Å². The molecule has 1 N–H and O–H groups in total. The number of aliphatic hydroxyl groups excluding tert-OH is 1. The van der Waals surface area contributed by atoms with Crippen LogP contribution >= 0.6 is 11.3 Å². The minimum absolute atomic E-state index is 0.0771. The van der Waals surface area contributed by atoms with Gasteiger partial charge in [-0.2, -0.15) is 0 Å². The van der Waals surface area contributed by atoms with Crippen LogP contribution in [-0.2, 0) is 13.0 Å². The highest BCUT2D eigenvalue weighted by Gasteiger charge is 2.15. The Hall–Kier alpha value is -1.39. The van der Waals surface area contributed by atoms with Crippen molar-refractivity contribution in [2.24, 2.45) is 0 Å². The SMILES string of the molecule is CCCc1nc(N(C)c2ccc(C)cc2C)sc1CO. The Kier molecular flexibility index (Phi) is 4.78. The van der Waals surface area contributed by atoms with Crippen molar-refractivity contribution < 1.29 is 5.11 Å². The van der Waals surface area contributed by atoms with E-state index in [1.165, 1.54) is 11.1 Å². The Morgan fingerprint density at radius 1 is 1.30 bits per heavy atom. The van der Waals surface area contributed by atoms with Gasteiger partial charge in [0.15, 0.2) is 5.13 Å². The van der Waals surface area contributed by atoms with Gasteiger partial charge in [-0.25, -0.2) is 4.98 Å². The minimum atomic E-state index is 0.0771. The van der Waals surface area contributed by atoms with Gasteiger partial charge in [0.25, 0.3) is 0 Å². The van der Waals surface area contributed by atoms with Crippen LogP contribution in [0.4, 0.5) is 10.8 Å². The largest absolute Gasteiger partial charge is 0.391 e. The predicted molar refractivity (Wildman–Crippen MR) is 86.0 cm³/mol. The van der Waals surface area contributed by atoms with Crippen molar-refractivity contribution in [3.05, 3.63) is 39.9 Å². The fraction of sp³-hybridized carbons (Fsp3) is 0.438. The van der Waals surface area contributed by atoms with Gasteiger partial charge in [0.05, 0.1) is 17.2 Å². The quantitative estimate of drug-likeness (QED) is 0.905. The maximum Gasteiger partial charge on any atom is 0.190 e. The lowest BCUT2D eigenvalue weighted by Gasteiger charge is -2.18. The molecule has 0 radical (unpaired) electrons. The van der Waals surface area contributed by atoms with E-state index in [0.29, 0.717) is 0 Å². The standard InChI is InChI=1S/C16H22N2OS/c1-5-6-13-15(10-19)20-16(17-13)18(4)14-8-7-11(2)9-12(14)3/h7-9,19H,5-6,10H2,1-4H3. The van der Waals surface area contributed by atoms with Crippen LogP contribution in [0, 0.1) is 13.8 Å². The van der Waals surface area contributed by atoms with Crippen LogP contribution in [0.5, 0.6) is 0 Å². The molecule has 0 aliphatic carbocycles. The molecule has 0 unspecified atom stereocenters. The summed E-state index contributed by atoms with van der Waals surface area (Å²) >= 11 is 1.58. The molecule has 0 spiro atoms. The van der Waals surface area contributed by atoms with E-state index in [1.54, 1.807) is 11.3 Å². The van der Waals surface area contributed by atoms with Gasteiger partial charge in [-0.1, -0.05) is 42.4 Å². The molecule has 0 saturated heterocycles. The third-order valence-electron chi connectivity index (χ3n) is 3.40. The van der Waals surface area contributed by atoms with E-state index in [4.69, 9.17) is 4.98 Å². The predicted octanol–water partition coefficient (Wildman–Crippen LogP) is 3.97. The zero-order chi connectivity index (χ0) is 14.7. The Morgan fingerprint density at radius 2 is 2.05 bits per heavy atom. The molecule has 108 valence electrons. The summed E-state index contributed by atoms with van der Waals surface area (Å²) in [5.74, 6) is 0. The zero-order valence-corrected chi connectivity index (χ0v) is 13.4. The van der Waals surface area contributed by atoms with Gasteiger partial charge in [0.1, 0.15) is 0 Å². The molecule has 0 bridgehead atoms. The van der Waals surface area contributed by atoms with Gasteiger partial charge < -0.3 is 10.0 Å². The number of aryl methyl sites for hydroxylation is 3. The fourth-order valence-electron chi connectivity index (χ4n) is 2.35. The summed E-state index contributed by atoms with van der Waals surface area (Å²) in [5, 5.41) is 10.4. The second-order valence-corrected chi connectivity index (χ2v) is 6.19. The molecule has 0 aliphatic heterocycles. The summed E-state index contributed by atoms with van der Waals surface area (Å²) in [5.41, 5.74) is 4.70. The van der Waals surface area contributed by atoms with Crippen molar-refractivity contribution in [3.8, 4) is 0 Å². The van der Waals surface area contributed by atoms with E-state index >= 15 is 0 Å². The lowest BCUT2D eigenvalue weighted by atomic mass is 10.1. The molecule has 4 heteroatoms. The number of hydrogen-bond donors (Lipinski definition) is 1. The molecule has 0 atom stereocenters. The van der Waals surface area contributed by atoms with Crippen molar-refractivity contribution in [3.63, 3.8) is 0 Å². The normalized spacial score (nSPS) is 10.8. The molecule has 1 heterocycles. The fourth-order valence-corrected chi connectivity index (χ4v) is 3.30. The number of hydrogen-bond acceptors (Lipinski definition) is 4. The van der Waals surface area contributed by atoms with Gasteiger partial charge in [0, 0.05) is 12.7 Å². The zero-order valence-electron chi connectivity index (χ0n) is 12.6. The van der Waals surface area contributed by atoms with E-state index in [9.17, 15) is 5.11 Å². The maximum atomic E-state index is 9.45. The first-order valence-corrected chi connectivity index (χ1v) is 7.78. The summed E-state index contributed by atoms with van der Waals surface area (Å²) in [7, 11) is 2.04. The van der Waals surface area contributed by atoms with E-state index in [-0.39, 0.29) is 6.61 Å². The van der Waals surface area contributed by atoms with Gasteiger partial charge in [-0.3, -0.25) is 0 Å². The number of nitrogens with zero attached hydrogens (tertiary/aromatic N) is 2. The van der Waals surface area contributed by atoms with E-state index in [2.05, 4.69) is 43.9 Å². The molecule has 0 amide bonds. The summed E-state index contributed by atoms with van der Waals surface area (Å²) in [6.45, 7) is 6.43. The van der Waals surface area contributed by atoms with Crippen LogP contribution in [0.25, 0.3) is 0 Å². The van der Waals surface area contributed by atoms with Crippen LogP contribution in [-0.4, -0.2) is 17.1 Å². The van der Waals surface area contributed by atoms with Gasteiger partial charge in [-0.15, -0.1) is 0 Å². The Morgan fingerprint density at radius 3 is 2.65 bits per heavy atom. The van der Waals surface area contributed by atoms with E-state index in [0.717, 1.165) is 34.2 Å². The second-order valence-electron chi connectivity index (χ2n) is 5.12. The molecule has 0 saturated carbocycles. The van der Waals surface area contributed by atoms with Crippen LogP contribution in [0.1, 0.15) is 35.0 Å². The second kappa shape index (κ2) is 6.37. The van der Waals surface area contributed by atoms with Crippen molar-refractivity contribution >= 4 is 22.2 Å². The minimum Gasteiger partial charge on any atom is -0.391 e. The monoisotopic (exact) mass is 290 g/mol. The van der Waals surface area contributed by atoms with Crippen molar-refractivity contribution in [2.75, 3.05) is 11.9 Å². The first-order chi connectivity index (χ1) is 9.56. The highest BCUT2D eigenvalue weighted by Crippen LogP contribution is 2.33. The number of anilines is 2. The van der Waals surface area contributed by atoms with E-state index in [1.807, 2.05) is 7.05 Å². The van der Waals surface area contributed by atoms with Crippen LogP contribution in [0.15, 0.2) is 18.2 Å². The first-order valence-electron chi connectivity index (χ1n) is 6.97. The van der Waals surface area contributed by atoms with Crippen LogP contribution in [0.2, 0.25) is 0 Å². The average Bonchev–Trinajstić information content (AvgIpc) is 2.82. The van der Waals surface area contributed by atoms with Gasteiger partial charge in [0.2, 0.25) is 0 Å². The highest BCUT2D eigenvalue weighted by molar-refractivity contribution is 7.15. The maximum absolute atomic E-state index is 9.45. The number of aliphatic hydroxyl groups is 1. The topological polar surface area (TPSA) is 36.4 Å². The molecule has 0 aliphatic rings. The number of thiazole rings is 1. The summed E-state index contributed by atoms with van der Waals surface area (Å²) < 4.78 is 0. The number of rotatable bonds is 5. The van der Waals surface area contributed by atoms with E-state index < -0.39 is 0 Å². The molecule has 20 heavy (non-hydrogen) atoms. The molecular weight excluding hydrogens is 268 g/mol. The Balaban J connectivity index is 2.35. The molecule has 2 aromatic rings. The van der Waals surface area contributed by atoms with Crippen molar-refractivity contribution in [1.29, 1.82) is 0 Å². The lowest BCUT2D eigenvalue weighted by molar-refractivity contribution is 0.284. The Bertz CT molecular complexity index is 592. The van der Waals surface area contributed by atoms with Crippen LogP contribution < -0.4 is 4.90 Å². The molecule has 3 nitrogen and oxygen atoms in total. The summed E-state index contributed by atoms with van der Waals surface area (Å²) in [6.07, 6.45) is 1.97. The number of benzene rings is 1. The smallest absolute Gasteiger partial charge is 0.190 e. The number of aromatic nitrogens is 1. The molecule has 1 aromatic carbocycles. The third kappa shape index (κ3) is 3.02. The van der Waals surface area contributed by atoms with Crippen molar-refractivity contribution in [1.82, 2.24) is 4.98 Å². The third-order valence-corrected chi connectivity index (χ3v) is 4.56. The summed E-state index contributed by atoms with van der Waals surface area (Å²) in [6, 6.07) is 6.43. The molecule has 2 rings (SSSR count). The first kappa shape index (κ1) is 15.0. The van der Waals surface area contributed by atoms with Crippen molar-refractivity contribution in [2.45, 2.75) is 40.2 Å². The van der Waals surface area contributed by atoms with Gasteiger partial charge >= 0.3 is 0 Å². The molecular formula is C16H22N2OS. The Labute approximate surface area is 124 Å². The molecule has 0 fully saturated rings. The lowest BCUT2D eigenvalue weighted by Crippen LogP contribution is -2.10. The summed E-state index contributed by atoms with van der Waals surface area (Å²) in [4.78, 5) is 7.79. The average molecular weight is 290 g/mol. The molecule has 1 aromatic heterocycles. The highest BCUT2D eigenvalue weighted by atomic mass is 32.1.